The minimum atomic E-state index is -5.10. The van der Waals surface area contributed by atoms with Gasteiger partial charge in [0.05, 0.1) is 16.1 Å². The van der Waals surface area contributed by atoms with Crippen molar-refractivity contribution in [1.82, 2.24) is 0 Å². The van der Waals surface area contributed by atoms with Gasteiger partial charge in [0.1, 0.15) is 23.2 Å². The standard InChI is InChI=1S/C22H10Cl2F6N2O2/c23-14-1-3-18(24)17(9-14)19-4-2-16(34-19)5-11(10-31)20(33)32-15-7-12(21(25,26)27)6-13(8-15)22(28,29)30/h1-9H,(H,32,33)/b11-5+. The van der Waals surface area contributed by atoms with E-state index in [4.69, 9.17) is 27.6 Å². The molecule has 0 aliphatic carbocycles. The molecule has 0 radical (unpaired) electrons. The number of hydrogen-bond acceptors (Lipinski definition) is 3. The van der Waals surface area contributed by atoms with Gasteiger partial charge in [-0.05, 0) is 48.5 Å². The summed E-state index contributed by atoms with van der Waals surface area (Å²) in [7, 11) is 0. The summed E-state index contributed by atoms with van der Waals surface area (Å²) in [5.74, 6) is -1.00. The number of nitriles is 1. The maximum Gasteiger partial charge on any atom is 0.416 e. The first-order valence-corrected chi connectivity index (χ1v) is 9.81. The van der Waals surface area contributed by atoms with E-state index in [2.05, 4.69) is 0 Å². The predicted octanol–water partition coefficient (Wildman–Crippen LogP) is 7.84. The van der Waals surface area contributed by atoms with Crippen LogP contribution in [0.5, 0.6) is 0 Å². The smallest absolute Gasteiger partial charge is 0.416 e. The largest absolute Gasteiger partial charge is 0.457 e. The van der Waals surface area contributed by atoms with Gasteiger partial charge in [0.2, 0.25) is 0 Å². The minimum absolute atomic E-state index is 0.00207. The fourth-order valence-electron chi connectivity index (χ4n) is 2.78. The molecular formula is C22H10Cl2F6N2O2. The average Bonchev–Trinajstić information content (AvgIpc) is 3.20. The lowest BCUT2D eigenvalue weighted by Crippen LogP contribution is -2.16. The number of carbonyl (C=O) groups is 1. The van der Waals surface area contributed by atoms with Gasteiger partial charge in [0, 0.05) is 22.3 Å². The fraction of sp³-hybridized carbons (Fsp3) is 0.0909. The molecule has 0 saturated heterocycles. The number of carbonyl (C=O) groups excluding carboxylic acids is 1. The Bertz CT molecular complexity index is 1290. The second kappa shape index (κ2) is 9.44. The van der Waals surface area contributed by atoms with Crippen LogP contribution in [0.3, 0.4) is 0 Å². The first-order valence-electron chi connectivity index (χ1n) is 9.06. The lowest BCUT2D eigenvalue weighted by Gasteiger charge is -2.14. The number of rotatable bonds is 4. The molecule has 2 aromatic carbocycles. The van der Waals surface area contributed by atoms with Crippen molar-refractivity contribution in [3.8, 4) is 17.4 Å². The van der Waals surface area contributed by atoms with Crippen LogP contribution in [0.25, 0.3) is 17.4 Å². The van der Waals surface area contributed by atoms with Crippen molar-refractivity contribution in [3.63, 3.8) is 0 Å². The number of alkyl halides is 6. The van der Waals surface area contributed by atoms with Crippen LogP contribution in [0.2, 0.25) is 10.0 Å². The van der Waals surface area contributed by atoms with Crippen LogP contribution in [0.15, 0.2) is 58.5 Å². The number of nitrogens with one attached hydrogen (secondary N) is 1. The number of halogens is 8. The van der Waals surface area contributed by atoms with Crippen molar-refractivity contribution in [2.45, 2.75) is 12.4 Å². The molecule has 1 aromatic heterocycles. The molecule has 3 rings (SSSR count). The molecule has 0 fully saturated rings. The Morgan fingerprint density at radius 2 is 1.56 bits per heavy atom. The van der Waals surface area contributed by atoms with Gasteiger partial charge in [0.25, 0.3) is 5.91 Å². The molecule has 0 spiro atoms. The van der Waals surface area contributed by atoms with E-state index in [1.807, 2.05) is 5.32 Å². The fourth-order valence-corrected chi connectivity index (χ4v) is 3.16. The molecular weight excluding hydrogens is 509 g/mol. The monoisotopic (exact) mass is 518 g/mol. The van der Waals surface area contributed by atoms with Crippen molar-refractivity contribution < 1.29 is 35.6 Å². The lowest BCUT2D eigenvalue weighted by molar-refractivity contribution is -0.143. The zero-order chi connectivity index (χ0) is 25.3. The molecule has 1 amide bonds. The highest BCUT2D eigenvalue weighted by Gasteiger charge is 2.37. The zero-order valence-electron chi connectivity index (χ0n) is 16.5. The van der Waals surface area contributed by atoms with Gasteiger partial charge < -0.3 is 9.73 Å². The van der Waals surface area contributed by atoms with Gasteiger partial charge in [-0.1, -0.05) is 23.2 Å². The molecule has 1 N–H and O–H groups in total. The Labute approximate surface area is 198 Å². The second-order valence-electron chi connectivity index (χ2n) is 6.74. The van der Waals surface area contributed by atoms with E-state index in [0.29, 0.717) is 27.7 Å². The quantitative estimate of drug-likeness (QED) is 0.217. The topological polar surface area (TPSA) is 66.0 Å². The summed E-state index contributed by atoms with van der Waals surface area (Å²) >= 11 is 12.0. The molecule has 176 valence electrons. The highest BCUT2D eigenvalue weighted by atomic mass is 35.5. The Balaban J connectivity index is 1.91. The molecule has 0 bridgehead atoms. The second-order valence-corrected chi connectivity index (χ2v) is 7.59. The molecule has 1 heterocycles. The van der Waals surface area contributed by atoms with E-state index in [9.17, 15) is 36.4 Å². The van der Waals surface area contributed by atoms with Gasteiger partial charge in [-0.15, -0.1) is 0 Å². The molecule has 3 aromatic rings. The zero-order valence-corrected chi connectivity index (χ0v) is 18.0. The summed E-state index contributed by atoms with van der Waals surface area (Å²) in [6, 6.07) is 9.54. The van der Waals surface area contributed by atoms with Crippen molar-refractivity contribution in [1.29, 1.82) is 5.26 Å². The van der Waals surface area contributed by atoms with E-state index in [0.717, 1.165) is 6.08 Å². The third-order valence-electron chi connectivity index (χ3n) is 4.32. The maximum absolute atomic E-state index is 13.0. The number of amides is 1. The van der Waals surface area contributed by atoms with Crippen LogP contribution in [-0.4, -0.2) is 5.91 Å². The lowest BCUT2D eigenvalue weighted by atomic mass is 10.1. The van der Waals surface area contributed by atoms with Crippen molar-refractivity contribution in [2.24, 2.45) is 0 Å². The molecule has 0 atom stereocenters. The Morgan fingerprint density at radius 1 is 0.941 bits per heavy atom. The van der Waals surface area contributed by atoms with E-state index >= 15 is 0 Å². The highest BCUT2D eigenvalue weighted by molar-refractivity contribution is 6.35. The van der Waals surface area contributed by atoms with Crippen LogP contribution < -0.4 is 5.32 Å². The summed E-state index contributed by atoms with van der Waals surface area (Å²) < 4.78 is 83.6. The summed E-state index contributed by atoms with van der Waals surface area (Å²) in [6.07, 6.45) is -9.23. The summed E-state index contributed by atoms with van der Waals surface area (Å²) in [5, 5.41) is 11.8. The third-order valence-corrected chi connectivity index (χ3v) is 4.88. The van der Waals surface area contributed by atoms with E-state index in [1.54, 1.807) is 6.07 Å². The highest BCUT2D eigenvalue weighted by Crippen LogP contribution is 2.38. The first-order chi connectivity index (χ1) is 15.8. The van der Waals surface area contributed by atoms with Crippen molar-refractivity contribution >= 4 is 40.9 Å². The van der Waals surface area contributed by atoms with Gasteiger partial charge in [0.15, 0.2) is 0 Å². The Kier molecular flexibility index (Phi) is 7.00. The van der Waals surface area contributed by atoms with Gasteiger partial charge in [-0.3, -0.25) is 4.79 Å². The molecule has 0 unspecified atom stereocenters. The summed E-state index contributed by atoms with van der Waals surface area (Å²) in [5.41, 5.74) is -4.24. The molecule has 0 saturated carbocycles. The third kappa shape index (κ3) is 5.92. The molecule has 12 heteroatoms. The number of anilines is 1. The van der Waals surface area contributed by atoms with Crippen LogP contribution in [0.1, 0.15) is 16.9 Å². The molecule has 0 aliphatic rings. The van der Waals surface area contributed by atoms with Gasteiger partial charge in [-0.2, -0.15) is 31.6 Å². The van der Waals surface area contributed by atoms with Crippen molar-refractivity contribution in [2.75, 3.05) is 5.32 Å². The molecule has 4 nitrogen and oxygen atoms in total. The van der Waals surface area contributed by atoms with E-state index < -0.39 is 40.6 Å². The molecule has 34 heavy (non-hydrogen) atoms. The average molecular weight is 519 g/mol. The number of furan rings is 1. The van der Waals surface area contributed by atoms with E-state index in [1.165, 1.54) is 30.3 Å². The van der Waals surface area contributed by atoms with E-state index in [-0.39, 0.29) is 17.6 Å². The van der Waals surface area contributed by atoms with Crippen LogP contribution in [0, 0.1) is 11.3 Å². The van der Waals surface area contributed by atoms with Gasteiger partial charge in [-0.25, -0.2) is 0 Å². The maximum atomic E-state index is 13.0. The number of hydrogen-bond donors (Lipinski definition) is 1. The normalized spacial score (nSPS) is 12.4. The van der Waals surface area contributed by atoms with Crippen LogP contribution in [-0.2, 0) is 17.1 Å². The SMILES string of the molecule is N#C/C(=C\c1ccc(-c2cc(Cl)ccc2Cl)o1)C(=O)Nc1cc(C(F)(F)F)cc(C(F)(F)F)c1. The minimum Gasteiger partial charge on any atom is -0.457 e. The van der Waals surface area contributed by atoms with Crippen LogP contribution in [0.4, 0.5) is 32.0 Å². The van der Waals surface area contributed by atoms with Crippen molar-refractivity contribution in [3.05, 3.63) is 81.0 Å². The summed E-state index contributed by atoms with van der Waals surface area (Å²) in [4.78, 5) is 12.4. The predicted molar refractivity (Wildman–Crippen MR) is 113 cm³/mol. The first kappa shape index (κ1) is 25.2. The number of benzene rings is 2. The van der Waals surface area contributed by atoms with Crippen LogP contribution >= 0.6 is 23.2 Å². The Hall–Kier alpha value is -3.42. The van der Waals surface area contributed by atoms with Gasteiger partial charge >= 0.3 is 12.4 Å². The summed E-state index contributed by atoms with van der Waals surface area (Å²) in [6.45, 7) is 0. The Morgan fingerprint density at radius 3 is 2.12 bits per heavy atom. The number of nitrogens with zero attached hydrogens (tertiary/aromatic N) is 1. The molecule has 0 aliphatic heterocycles.